The first-order chi connectivity index (χ1) is 13.4. The molecule has 1 aliphatic heterocycles. The molecule has 0 aromatic heterocycles. The molecule has 150 valence electrons. The van der Waals surface area contributed by atoms with Crippen molar-refractivity contribution in [3.63, 3.8) is 0 Å². The molecule has 7 heteroatoms. The van der Waals surface area contributed by atoms with Crippen LogP contribution in [0.2, 0.25) is 5.02 Å². The molecule has 0 atom stereocenters. The summed E-state index contributed by atoms with van der Waals surface area (Å²) < 4.78 is 27.7. The van der Waals surface area contributed by atoms with Crippen molar-refractivity contribution in [3.8, 4) is 0 Å². The number of hydrogen-bond acceptors (Lipinski definition) is 3. The number of nitrogens with one attached hydrogen (secondary N) is 1. The van der Waals surface area contributed by atoms with Crippen molar-refractivity contribution in [1.29, 1.82) is 0 Å². The summed E-state index contributed by atoms with van der Waals surface area (Å²) in [4.78, 5) is 12.7. The Bertz CT molecular complexity index is 952. The normalized spacial score (nSPS) is 15.8. The summed E-state index contributed by atoms with van der Waals surface area (Å²) in [6.07, 6.45) is 4.59. The average molecular weight is 421 g/mol. The van der Waals surface area contributed by atoms with Gasteiger partial charge in [-0.25, -0.2) is 8.42 Å². The molecule has 5 nitrogen and oxygen atoms in total. The van der Waals surface area contributed by atoms with E-state index in [1.54, 1.807) is 6.07 Å². The van der Waals surface area contributed by atoms with Crippen molar-refractivity contribution < 1.29 is 13.2 Å². The highest BCUT2D eigenvalue weighted by Crippen LogP contribution is 2.28. The van der Waals surface area contributed by atoms with Crippen LogP contribution in [0.3, 0.4) is 0 Å². The molecule has 2 aromatic carbocycles. The van der Waals surface area contributed by atoms with E-state index in [2.05, 4.69) is 5.32 Å². The number of halogens is 1. The molecule has 0 aliphatic carbocycles. The zero-order chi connectivity index (χ0) is 20.1. The second-order valence-corrected chi connectivity index (χ2v) is 9.29. The fourth-order valence-electron chi connectivity index (χ4n) is 3.34. The van der Waals surface area contributed by atoms with Crippen LogP contribution in [0.15, 0.2) is 47.4 Å². The fourth-order valence-corrected chi connectivity index (χ4v) is 5.35. The number of rotatable bonds is 5. The first kappa shape index (κ1) is 20.8. The van der Waals surface area contributed by atoms with Crippen LogP contribution in [-0.4, -0.2) is 31.7 Å². The number of benzene rings is 2. The van der Waals surface area contributed by atoms with E-state index in [0.29, 0.717) is 18.8 Å². The van der Waals surface area contributed by atoms with Crippen LogP contribution in [0.1, 0.15) is 48.5 Å². The Morgan fingerprint density at radius 3 is 2.46 bits per heavy atom. The average Bonchev–Trinajstić information content (AvgIpc) is 2.98. The van der Waals surface area contributed by atoms with Gasteiger partial charge >= 0.3 is 0 Å². The largest absolute Gasteiger partial charge is 0.322 e. The summed E-state index contributed by atoms with van der Waals surface area (Å²) in [6.45, 7) is 3.01. The van der Waals surface area contributed by atoms with E-state index < -0.39 is 10.0 Å². The lowest BCUT2D eigenvalue weighted by Gasteiger charge is -2.21. The van der Waals surface area contributed by atoms with Gasteiger partial charge in [-0.2, -0.15) is 4.31 Å². The molecule has 0 radical (unpaired) electrons. The lowest BCUT2D eigenvalue weighted by molar-refractivity contribution is 0.102. The lowest BCUT2D eigenvalue weighted by atomic mass is 10.1. The molecule has 0 unspecified atom stereocenters. The first-order valence-corrected chi connectivity index (χ1v) is 11.4. The van der Waals surface area contributed by atoms with Crippen molar-refractivity contribution in [2.45, 2.75) is 43.9 Å². The number of sulfonamides is 1. The third-order valence-electron chi connectivity index (χ3n) is 4.97. The summed E-state index contributed by atoms with van der Waals surface area (Å²) in [5.41, 5.74) is 2.05. The molecule has 0 saturated carbocycles. The van der Waals surface area contributed by atoms with Gasteiger partial charge in [-0.3, -0.25) is 4.79 Å². The second kappa shape index (κ2) is 9.07. The summed E-state index contributed by atoms with van der Waals surface area (Å²) in [5, 5.41) is 2.96. The zero-order valence-electron chi connectivity index (χ0n) is 15.9. The van der Waals surface area contributed by atoms with Gasteiger partial charge in [0.05, 0.1) is 5.02 Å². The van der Waals surface area contributed by atoms with E-state index in [0.717, 1.165) is 37.7 Å². The Hall–Kier alpha value is -1.89. The molecule has 1 fully saturated rings. The van der Waals surface area contributed by atoms with E-state index in [1.807, 2.05) is 31.2 Å². The van der Waals surface area contributed by atoms with Crippen molar-refractivity contribution >= 4 is 33.2 Å². The SMILES string of the molecule is CCc1cccc(NC(=O)c2ccc(Cl)c(S(=O)(=O)N3CCCCCC3)c2)c1. The van der Waals surface area contributed by atoms with Crippen LogP contribution in [0.4, 0.5) is 5.69 Å². The number of hydrogen-bond donors (Lipinski definition) is 1. The molecular formula is C21H25ClN2O3S. The van der Waals surface area contributed by atoms with E-state index >= 15 is 0 Å². The maximum Gasteiger partial charge on any atom is 0.255 e. The second-order valence-electron chi connectivity index (χ2n) is 6.97. The van der Waals surface area contributed by atoms with Crippen LogP contribution in [-0.2, 0) is 16.4 Å². The van der Waals surface area contributed by atoms with Gasteiger partial charge in [-0.1, -0.05) is 43.5 Å². The van der Waals surface area contributed by atoms with Crippen molar-refractivity contribution in [2.75, 3.05) is 18.4 Å². The van der Waals surface area contributed by atoms with Crippen molar-refractivity contribution in [1.82, 2.24) is 4.31 Å². The lowest BCUT2D eigenvalue weighted by Crippen LogP contribution is -2.32. The summed E-state index contributed by atoms with van der Waals surface area (Å²) in [6, 6.07) is 12.0. The Morgan fingerprint density at radius 2 is 1.79 bits per heavy atom. The quantitative estimate of drug-likeness (QED) is 0.761. The van der Waals surface area contributed by atoms with Crippen LogP contribution in [0, 0.1) is 0 Å². The van der Waals surface area contributed by atoms with Crippen molar-refractivity contribution in [2.24, 2.45) is 0 Å². The summed E-state index contributed by atoms with van der Waals surface area (Å²) in [5.74, 6) is -0.364. The Kier molecular flexibility index (Phi) is 6.75. The van der Waals surface area contributed by atoms with Crippen LogP contribution in [0.25, 0.3) is 0 Å². The number of nitrogens with zero attached hydrogens (tertiary/aromatic N) is 1. The van der Waals surface area contributed by atoms with Crippen molar-refractivity contribution in [3.05, 3.63) is 58.6 Å². The van der Waals surface area contributed by atoms with Gasteiger partial charge in [0.25, 0.3) is 5.91 Å². The first-order valence-electron chi connectivity index (χ1n) is 9.62. The molecule has 28 heavy (non-hydrogen) atoms. The Labute approximate surface area is 171 Å². The molecular weight excluding hydrogens is 396 g/mol. The van der Waals surface area contributed by atoms with Gasteiger partial charge in [0, 0.05) is 24.3 Å². The minimum atomic E-state index is -3.73. The van der Waals surface area contributed by atoms with Crippen LogP contribution < -0.4 is 5.32 Å². The van der Waals surface area contributed by atoms with Gasteiger partial charge < -0.3 is 5.32 Å². The van der Waals surface area contributed by atoms with Crippen LogP contribution in [0.5, 0.6) is 0 Å². The predicted molar refractivity (Wildman–Crippen MR) is 112 cm³/mol. The number of aryl methyl sites for hydroxylation is 1. The molecule has 1 saturated heterocycles. The van der Waals surface area contributed by atoms with Gasteiger partial charge in [0.15, 0.2) is 0 Å². The molecule has 1 amide bonds. The minimum Gasteiger partial charge on any atom is -0.322 e. The summed E-state index contributed by atoms with van der Waals surface area (Å²) in [7, 11) is -3.73. The minimum absolute atomic E-state index is 0.00831. The Morgan fingerprint density at radius 1 is 1.07 bits per heavy atom. The van der Waals surface area contributed by atoms with Gasteiger partial charge in [0.1, 0.15) is 4.90 Å². The maximum atomic E-state index is 13.1. The molecule has 1 aliphatic rings. The van der Waals surface area contributed by atoms with Gasteiger partial charge in [-0.15, -0.1) is 0 Å². The van der Waals surface area contributed by atoms with Gasteiger partial charge in [-0.05, 0) is 55.2 Å². The number of anilines is 1. The zero-order valence-corrected chi connectivity index (χ0v) is 17.5. The highest BCUT2D eigenvalue weighted by atomic mass is 35.5. The van der Waals surface area contributed by atoms with E-state index in [9.17, 15) is 13.2 Å². The van der Waals surface area contributed by atoms with Crippen LogP contribution >= 0.6 is 11.6 Å². The highest BCUT2D eigenvalue weighted by Gasteiger charge is 2.28. The van der Waals surface area contributed by atoms with E-state index in [1.165, 1.54) is 16.4 Å². The third-order valence-corrected chi connectivity index (χ3v) is 7.35. The molecule has 0 spiro atoms. The molecule has 1 heterocycles. The monoisotopic (exact) mass is 420 g/mol. The third kappa shape index (κ3) is 4.74. The smallest absolute Gasteiger partial charge is 0.255 e. The molecule has 2 aromatic rings. The predicted octanol–water partition coefficient (Wildman–Crippen LogP) is 4.72. The molecule has 3 rings (SSSR count). The van der Waals surface area contributed by atoms with Gasteiger partial charge in [0.2, 0.25) is 10.0 Å². The fraction of sp³-hybridized carbons (Fsp3) is 0.381. The number of carbonyl (C=O) groups excluding carboxylic acids is 1. The Balaban J connectivity index is 1.86. The van der Waals surface area contributed by atoms with E-state index in [4.69, 9.17) is 11.6 Å². The number of carbonyl (C=O) groups is 1. The molecule has 0 bridgehead atoms. The molecule has 1 N–H and O–H groups in total. The maximum absolute atomic E-state index is 13.1. The van der Waals surface area contributed by atoms with E-state index in [-0.39, 0.29) is 21.4 Å². The highest BCUT2D eigenvalue weighted by molar-refractivity contribution is 7.89. The number of amides is 1. The summed E-state index contributed by atoms with van der Waals surface area (Å²) >= 11 is 6.21. The standard InChI is InChI=1S/C21H25ClN2O3S/c1-2-16-8-7-9-18(14-16)23-21(25)17-10-11-19(22)20(15-17)28(26,27)24-12-5-3-4-6-13-24/h7-11,14-15H,2-6,12-13H2,1H3,(H,23,25). The topological polar surface area (TPSA) is 66.5 Å².